The number of hydrogen-bond acceptors (Lipinski definition) is 3. The van der Waals surface area contributed by atoms with Crippen LogP contribution in [0.5, 0.6) is 5.75 Å². The van der Waals surface area contributed by atoms with Crippen molar-refractivity contribution in [2.24, 2.45) is 0 Å². The third-order valence-electron chi connectivity index (χ3n) is 3.33. The molecule has 3 N–H and O–H groups in total. The van der Waals surface area contributed by atoms with Gasteiger partial charge in [0.15, 0.2) is 5.11 Å². The second-order valence-electron chi connectivity index (χ2n) is 5.27. The Balaban J connectivity index is 1.78. The number of ether oxygens (including phenoxy) is 1. The summed E-state index contributed by atoms with van der Waals surface area (Å²) >= 11 is 5.18. The maximum absolute atomic E-state index is 12.1. The van der Waals surface area contributed by atoms with Crippen molar-refractivity contribution in [3.05, 3.63) is 59.7 Å². The van der Waals surface area contributed by atoms with Crippen LogP contribution in [0.15, 0.2) is 48.5 Å². The van der Waals surface area contributed by atoms with Crippen molar-refractivity contribution in [1.82, 2.24) is 10.6 Å². The number of carbonyl (C=O) groups excluding carboxylic acids is 1. The number of anilines is 1. The third-order valence-corrected chi connectivity index (χ3v) is 3.62. The molecule has 2 aromatic carbocycles. The summed E-state index contributed by atoms with van der Waals surface area (Å²) < 4.78 is 5.24. The van der Waals surface area contributed by atoms with E-state index in [-0.39, 0.29) is 12.5 Å². The fourth-order valence-electron chi connectivity index (χ4n) is 2.12. The summed E-state index contributed by atoms with van der Waals surface area (Å²) in [6.07, 6.45) is 0. The van der Waals surface area contributed by atoms with Crippen LogP contribution in [0.1, 0.15) is 11.1 Å². The van der Waals surface area contributed by atoms with Gasteiger partial charge in [-0.1, -0.05) is 36.4 Å². The fourth-order valence-corrected chi connectivity index (χ4v) is 2.26. The molecule has 2 aromatic rings. The number of thiocarbonyl (C=S) groups is 1. The number of rotatable bonds is 6. The van der Waals surface area contributed by atoms with Crippen molar-refractivity contribution in [3.63, 3.8) is 0 Å². The van der Waals surface area contributed by atoms with Crippen LogP contribution in [0.4, 0.5) is 5.69 Å². The predicted molar refractivity (Wildman–Crippen MR) is 100 cm³/mol. The van der Waals surface area contributed by atoms with E-state index in [1.807, 2.05) is 55.5 Å². The normalized spacial score (nSPS) is 9.92. The molecule has 24 heavy (non-hydrogen) atoms. The number of nitrogens with one attached hydrogen (secondary N) is 3. The van der Waals surface area contributed by atoms with E-state index in [1.165, 1.54) is 0 Å². The minimum Gasteiger partial charge on any atom is -0.495 e. The van der Waals surface area contributed by atoms with Gasteiger partial charge in [0.2, 0.25) is 5.91 Å². The monoisotopic (exact) mass is 343 g/mol. The highest BCUT2D eigenvalue weighted by Crippen LogP contribution is 2.24. The van der Waals surface area contributed by atoms with Crippen molar-refractivity contribution in [3.8, 4) is 5.75 Å². The van der Waals surface area contributed by atoms with Crippen LogP contribution in [0.3, 0.4) is 0 Å². The summed E-state index contributed by atoms with van der Waals surface area (Å²) in [7, 11) is 1.57. The first kappa shape index (κ1) is 17.7. The Labute approximate surface area is 147 Å². The lowest BCUT2D eigenvalue weighted by Crippen LogP contribution is -2.39. The van der Waals surface area contributed by atoms with Gasteiger partial charge in [-0.2, -0.15) is 0 Å². The number of aryl methyl sites for hydroxylation is 1. The van der Waals surface area contributed by atoms with E-state index in [4.69, 9.17) is 17.0 Å². The van der Waals surface area contributed by atoms with Crippen molar-refractivity contribution in [2.75, 3.05) is 19.0 Å². The van der Waals surface area contributed by atoms with Gasteiger partial charge in [-0.05, 0) is 42.4 Å². The van der Waals surface area contributed by atoms with E-state index >= 15 is 0 Å². The van der Waals surface area contributed by atoms with Crippen molar-refractivity contribution in [1.29, 1.82) is 0 Å². The molecule has 6 heteroatoms. The highest BCUT2D eigenvalue weighted by atomic mass is 32.1. The van der Waals surface area contributed by atoms with Crippen molar-refractivity contribution < 1.29 is 9.53 Å². The van der Waals surface area contributed by atoms with Crippen LogP contribution < -0.4 is 20.7 Å². The fraction of sp³-hybridized carbons (Fsp3) is 0.222. The smallest absolute Gasteiger partial charge is 0.243 e. The van der Waals surface area contributed by atoms with Crippen molar-refractivity contribution in [2.45, 2.75) is 13.5 Å². The van der Waals surface area contributed by atoms with Crippen LogP contribution in [0.2, 0.25) is 0 Å². The van der Waals surface area contributed by atoms with Gasteiger partial charge >= 0.3 is 0 Å². The minimum atomic E-state index is -0.192. The largest absolute Gasteiger partial charge is 0.495 e. The molecule has 2 rings (SSSR count). The van der Waals surface area contributed by atoms with Crippen LogP contribution in [0.25, 0.3) is 0 Å². The van der Waals surface area contributed by atoms with Crippen LogP contribution in [0, 0.1) is 6.92 Å². The first-order chi connectivity index (χ1) is 11.6. The second kappa shape index (κ2) is 8.88. The molecule has 0 radical (unpaired) electrons. The number of carbonyl (C=O) groups is 1. The molecule has 0 spiro atoms. The van der Waals surface area contributed by atoms with E-state index in [0.29, 0.717) is 23.1 Å². The quantitative estimate of drug-likeness (QED) is 0.704. The first-order valence-electron chi connectivity index (χ1n) is 7.58. The Morgan fingerprint density at radius 3 is 2.58 bits per heavy atom. The summed E-state index contributed by atoms with van der Waals surface area (Å²) in [6.45, 7) is 2.65. The number of hydrogen-bond donors (Lipinski definition) is 3. The molecular formula is C18H21N3O2S. The second-order valence-corrected chi connectivity index (χ2v) is 5.68. The topological polar surface area (TPSA) is 62.4 Å². The average Bonchev–Trinajstić information content (AvgIpc) is 2.59. The molecule has 0 saturated heterocycles. The van der Waals surface area contributed by atoms with E-state index < -0.39 is 0 Å². The molecule has 0 atom stereocenters. The van der Waals surface area contributed by atoms with Gasteiger partial charge < -0.3 is 20.7 Å². The minimum absolute atomic E-state index is 0.0811. The van der Waals surface area contributed by atoms with Gasteiger partial charge in [-0.15, -0.1) is 0 Å². The SMILES string of the molecule is COc1ccc(C)cc1NC(=O)CNC(=S)NCc1ccccc1. The van der Waals surface area contributed by atoms with E-state index in [0.717, 1.165) is 11.1 Å². The Hall–Kier alpha value is -2.60. The van der Waals surface area contributed by atoms with E-state index in [2.05, 4.69) is 16.0 Å². The molecule has 0 bridgehead atoms. The summed E-state index contributed by atoms with van der Waals surface area (Å²) in [5.41, 5.74) is 2.81. The summed E-state index contributed by atoms with van der Waals surface area (Å²) in [5.74, 6) is 0.432. The zero-order chi connectivity index (χ0) is 17.4. The molecule has 126 valence electrons. The predicted octanol–water partition coefficient (Wildman–Crippen LogP) is 2.61. The van der Waals surface area contributed by atoms with Gasteiger partial charge in [0.1, 0.15) is 5.75 Å². The Kier molecular flexibility index (Phi) is 6.57. The van der Waals surface area contributed by atoms with Gasteiger partial charge in [0.05, 0.1) is 19.3 Å². The van der Waals surface area contributed by atoms with Gasteiger partial charge in [-0.3, -0.25) is 4.79 Å². The molecule has 0 fully saturated rings. The maximum Gasteiger partial charge on any atom is 0.243 e. The Morgan fingerprint density at radius 1 is 1.12 bits per heavy atom. The highest BCUT2D eigenvalue weighted by molar-refractivity contribution is 7.80. The van der Waals surface area contributed by atoms with Gasteiger partial charge in [0, 0.05) is 6.54 Å². The summed E-state index contributed by atoms with van der Waals surface area (Å²) in [6, 6.07) is 15.5. The zero-order valence-electron chi connectivity index (χ0n) is 13.8. The Morgan fingerprint density at radius 2 is 1.88 bits per heavy atom. The number of benzene rings is 2. The molecule has 0 unspecified atom stereocenters. The molecule has 5 nitrogen and oxygen atoms in total. The van der Waals surface area contributed by atoms with Crippen LogP contribution in [-0.2, 0) is 11.3 Å². The molecular weight excluding hydrogens is 322 g/mol. The highest BCUT2D eigenvalue weighted by Gasteiger charge is 2.08. The Bertz CT molecular complexity index is 705. The maximum atomic E-state index is 12.1. The lowest BCUT2D eigenvalue weighted by molar-refractivity contribution is -0.115. The molecule has 1 amide bonds. The first-order valence-corrected chi connectivity index (χ1v) is 7.99. The van der Waals surface area contributed by atoms with E-state index in [9.17, 15) is 4.79 Å². The van der Waals surface area contributed by atoms with Crippen LogP contribution >= 0.6 is 12.2 Å². The lowest BCUT2D eigenvalue weighted by atomic mass is 10.2. The molecule has 0 heterocycles. The van der Waals surface area contributed by atoms with Crippen LogP contribution in [-0.4, -0.2) is 24.7 Å². The molecule has 0 aliphatic rings. The van der Waals surface area contributed by atoms with Gasteiger partial charge in [-0.25, -0.2) is 0 Å². The van der Waals surface area contributed by atoms with Gasteiger partial charge in [0.25, 0.3) is 0 Å². The molecule has 0 aliphatic carbocycles. The molecule has 0 aromatic heterocycles. The van der Waals surface area contributed by atoms with Crippen molar-refractivity contribution >= 4 is 28.9 Å². The molecule has 0 saturated carbocycles. The third kappa shape index (κ3) is 5.55. The van der Waals surface area contributed by atoms with E-state index in [1.54, 1.807) is 7.11 Å². The lowest BCUT2D eigenvalue weighted by Gasteiger charge is -2.13. The standard InChI is InChI=1S/C18H21N3O2S/c1-13-8-9-16(23-2)15(10-13)21-17(22)12-20-18(24)19-11-14-6-4-3-5-7-14/h3-10H,11-12H2,1-2H3,(H,21,22)(H2,19,20,24). The number of amides is 1. The summed E-state index contributed by atoms with van der Waals surface area (Å²) in [4.78, 5) is 12.1. The number of methoxy groups -OCH3 is 1. The average molecular weight is 343 g/mol. The zero-order valence-corrected chi connectivity index (χ0v) is 14.6. The summed E-state index contributed by atoms with van der Waals surface area (Å²) in [5, 5.41) is 9.21. The molecule has 0 aliphatic heterocycles.